The standard InChI is InChI=1S/C14H20F6O/c1-7-2-3-9(10(15)4-7)8-5-11(16)13(12(17)6-8)21-14(18,19)20/h7-13H,2-6H2,1H3/t7?,8?,9?,10?,11-,12?,13?/m0/s1. The molecule has 1 nitrogen and oxygen atoms in total. The first-order chi connectivity index (χ1) is 9.67. The minimum absolute atomic E-state index is 0.239. The molecule has 0 aromatic rings. The molecule has 2 aliphatic carbocycles. The van der Waals surface area contributed by atoms with E-state index in [4.69, 9.17) is 0 Å². The third kappa shape index (κ3) is 4.27. The summed E-state index contributed by atoms with van der Waals surface area (Å²) in [5.41, 5.74) is 0. The fraction of sp³-hybridized carbons (Fsp3) is 1.00. The van der Waals surface area contributed by atoms with Crippen LogP contribution in [0.5, 0.6) is 0 Å². The maximum absolute atomic E-state index is 14.0. The Morgan fingerprint density at radius 2 is 1.43 bits per heavy atom. The van der Waals surface area contributed by atoms with Crippen LogP contribution in [0.1, 0.15) is 39.0 Å². The molecule has 21 heavy (non-hydrogen) atoms. The van der Waals surface area contributed by atoms with Gasteiger partial charge in [-0.05, 0) is 43.4 Å². The van der Waals surface area contributed by atoms with Crippen molar-refractivity contribution in [1.29, 1.82) is 0 Å². The van der Waals surface area contributed by atoms with Crippen molar-refractivity contribution in [2.45, 2.75) is 70.0 Å². The van der Waals surface area contributed by atoms with Gasteiger partial charge >= 0.3 is 6.36 Å². The van der Waals surface area contributed by atoms with Crippen molar-refractivity contribution < 1.29 is 31.1 Å². The highest BCUT2D eigenvalue weighted by Gasteiger charge is 2.48. The van der Waals surface area contributed by atoms with Crippen LogP contribution in [0.15, 0.2) is 0 Å². The first-order valence-corrected chi connectivity index (χ1v) is 7.34. The molecule has 124 valence electrons. The summed E-state index contributed by atoms with van der Waals surface area (Å²) >= 11 is 0. The van der Waals surface area contributed by atoms with Gasteiger partial charge in [-0.15, -0.1) is 13.2 Å². The van der Waals surface area contributed by atoms with Crippen molar-refractivity contribution in [3.8, 4) is 0 Å². The second-order valence-corrected chi connectivity index (χ2v) is 6.39. The molecule has 0 heterocycles. The molecule has 7 atom stereocenters. The van der Waals surface area contributed by atoms with E-state index in [2.05, 4.69) is 4.74 Å². The Labute approximate surface area is 120 Å². The van der Waals surface area contributed by atoms with E-state index < -0.39 is 42.8 Å². The van der Waals surface area contributed by atoms with Crippen molar-refractivity contribution in [2.75, 3.05) is 0 Å². The van der Waals surface area contributed by atoms with Gasteiger partial charge in [0.05, 0.1) is 0 Å². The van der Waals surface area contributed by atoms with E-state index in [-0.39, 0.29) is 18.8 Å². The molecule has 0 aromatic carbocycles. The molecule has 2 rings (SSSR count). The summed E-state index contributed by atoms with van der Waals surface area (Å²) < 4.78 is 81.7. The molecule has 0 spiro atoms. The average molecular weight is 318 g/mol. The van der Waals surface area contributed by atoms with Crippen LogP contribution < -0.4 is 0 Å². The van der Waals surface area contributed by atoms with Gasteiger partial charge in [0.1, 0.15) is 24.6 Å². The fourth-order valence-electron chi connectivity index (χ4n) is 3.69. The molecule has 0 amide bonds. The minimum atomic E-state index is -5.06. The van der Waals surface area contributed by atoms with E-state index in [0.717, 1.165) is 6.42 Å². The molecule has 2 fully saturated rings. The van der Waals surface area contributed by atoms with Crippen molar-refractivity contribution in [3.05, 3.63) is 0 Å². The van der Waals surface area contributed by atoms with Gasteiger partial charge in [0, 0.05) is 0 Å². The number of hydrogen-bond donors (Lipinski definition) is 0. The lowest BCUT2D eigenvalue weighted by atomic mass is 9.69. The monoisotopic (exact) mass is 318 g/mol. The number of alkyl halides is 6. The quantitative estimate of drug-likeness (QED) is 0.668. The topological polar surface area (TPSA) is 9.23 Å². The fourth-order valence-corrected chi connectivity index (χ4v) is 3.69. The lowest BCUT2D eigenvalue weighted by Crippen LogP contribution is -2.47. The Kier molecular flexibility index (Phi) is 5.11. The van der Waals surface area contributed by atoms with E-state index in [9.17, 15) is 26.3 Å². The van der Waals surface area contributed by atoms with Crippen molar-refractivity contribution in [1.82, 2.24) is 0 Å². The third-order valence-corrected chi connectivity index (χ3v) is 4.73. The van der Waals surface area contributed by atoms with Gasteiger partial charge in [-0.25, -0.2) is 13.2 Å². The molecule has 2 aliphatic rings. The van der Waals surface area contributed by atoms with Gasteiger partial charge in [0.25, 0.3) is 0 Å². The lowest BCUT2D eigenvalue weighted by molar-refractivity contribution is -0.358. The number of rotatable bonds is 2. The van der Waals surface area contributed by atoms with Crippen LogP contribution >= 0.6 is 0 Å². The van der Waals surface area contributed by atoms with E-state index in [0.29, 0.717) is 12.8 Å². The molecule has 0 bridgehead atoms. The predicted octanol–water partition coefficient (Wildman–Crippen LogP) is 4.75. The first-order valence-electron chi connectivity index (χ1n) is 7.34. The van der Waals surface area contributed by atoms with Crippen LogP contribution in [0.4, 0.5) is 26.3 Å². The third-order valence-electron chi connectivity index (χ3n) is 4.73. The van der Waals surface area contributed by atoms with E-state index >= 15 is 0 Å². The van der Waals surface area contributed by atoms with Crippen molar-refractivity contribution in [2.24, 2.45) is 17.8 Å². The molecule has 0 aliphatic heterocycles. The normalized spacial score (nSPS) is 45.6. The smallest absolute Gasteiger partial charge is 0.282 e. The Bertz CT molecular complexity index is 335. The molecule has 0 N–H and O–H groups in total. The van der Waals surface area contributed by atoms with E-state index in [1.165, 1.54) is 0 Å². The summed E-state index contributed by atoms with van der Waals surface area (Å²) in [4.78, 5) is 0. The zero-order valence-corrected chi connectivity index (χ0v) is 11.8. The zero-order chi connectivity index (χ0) is 15.8. The van der Waals surface area contributed by atoms with Crippen LogP contribution in [0.2, 0.25) is 0 Å². The van der Waals surface area contributed by atoms with Crippen LogP contribution in [0, 0.1) is 17.8 Å². The van der Waals surface area contributed by atoms with Crippen LogP contribution in [0.25, 0.3) is 0 Å². The summed E-state index contributed by atoms with van der Waals surface area (Å²) in [5.74, 6) is -0.765. The Morgan fingerprint density at radius 3 is 1.90 bits per heavy atom. The van der Waals surface area contributed by atoms with Gasteiger partial charge in [-0.1, -0.05) is 13.3 Å². The van der Waals surface area contributed by atoms with Gasteiger partial charge < -0.3 is 0 Å². The van der Waals surface area contributed by atoms with Gasteiger partial charge in [-0.2, -0.15) is 0 Å². The summed E-state index contributed by atoms with van der Waals surface area (Å²) in [6, 6.07) is 0. The molecule has 0 aromatic heterocycles. The van der Waals surface area contributed by atoms with Crippen LogP contribution in [-0.2, 0) is 4.74 Å². The SMILES string of the molecule is CC1CCC(C2CC(F)C(OC(F)(F)F)[C@@H](F)C2)C(F)C1. The maximum Gasteiger partial charge on any atom is 0.522 e. The predicted molar refractivity (Wildman–Crippen MR) is 64.8 cm³/mol. The average Bonchev–Trinajstić information content (AvgIpc) is 2.32. The highest BCUT2D eigenvalue weighted by atomic mass is 19.4. The molecule has 0 radical (unpaired) electrons. The Balaban J connectivity index is 1.98. The van der Waals surface area contributed by atoms with Crippen molar-refractivity contribution >= 4 is 0 Å². The minimum Gasteiger partial charge on any atom is -0.282 e. The Hall–Kier alpha value is -0.460. The number of halogens is 6. The second-order valence-electron chi connectivity index (χ2n) is 6.39. The van der Waals surface area contributed by atoms with Crippen molar-refractivity contribution in [3.63, 3.8) is 0 Å². The van der Waals surface area contributed by atoms with Gasteiger partial charge in [0.15, 0.2) is 0 Å². The van der Waals surface area contributed by atoms with Gasteiger partial charge in [0.2, 0.25) is 0 Å². The highest BCUT2D eigenvalue weighted by Crippen LogP contribution is 2.44. The second kappa shape index (κ2) is 6.34. The maximum atomic E-state index is 14.0. The van der Waals surface area contributed by atoms with E-state index in [1.807, 2.05) is 6.92 Å². The van der Waals surface area contributed by atoms with Crippen LogP contribution in [0.3, 0.4) is 0 Å². The molecule has 7 heteroatoms. The summed E-state index contributed by atoms with van der Waals surface area (Å²) in [6.07, 6.45) is -11.2. The first kappa shape index (κ1) is 16.9. The van der Waals surface area contributed by atoms with Crippen LogP contribution in [-0.4, -0.2) is 31.0 Å². The molecule has 0 saturated heterocycles. The highest BCUT2D eigenvalue weighted by molar-refractivity contribution is 4.93. The molecule has 2 saturated carbocycles. The Morgan fingerprint density at radius 1 is 0.857 bits per heavy atom. The summed E-state index contributed by atoms with van der Waals surface area (Å²) in [5, 5.41) is 0. The zero-order valence-electron chi connectivity index (χ0n) is 11.8. The summed E-state index contributed by atoms with van der Waals surface area (Å²) in [6.45, 7) is 1.92. The largest absolute Gasteiger partial charge is 0.522 e. The number of hydrogen-bond acceptors (Lipinski definition) is 1. The molecular weight excluding hydrogens is 298 g/mol. The van der Waals surface area contributed by atoms with E-state index in [1.54, 1.807) is 0 Å². The number of ether oxygens (including phenoxy) is 1. The van der Waals surface area contributed by atoms with Gasteiger partial charge in [-0.3, -0.25) is 4.74 Å². The summed E-state index contributed by atoms with van der Waals surface area (Å²) in [7, 11) is 0. The lowest BCUT2D eigenvalue weighted by Gasteiger charge is -2.41. The molecule has 6 unspecified atom stereocenters. The molecular formula is C14H20F6O.